The largest absolute Gasteiger partial charge is 0.466 e. The molecule has 0 amide bonds. The van der Waals surface area contributed by atoms with E-state index in [4.69, 9.17) is 4.74 Å². The van der Waals surface area contributed by atoms with Crippen LogP contribution in [0.2, 0.25) is 0 Å². The first kappa shape index (κ1) is 17.0. The maximum Gasteiger partial charge on any atom is 0.306 e. The van der Waals surface area contributed by atoms with Gasteiger partial charge in [0.05, 0.1) is 13.0 Å². The molecule has 0 spiro atoms. The summed E-state index contributed by atoms with van der Waals surface area (Å²) >= 11 is 0. The molecule has 1 aromatic carbocycles. The molecular formula is C18H28N2O2. The van der Waals surface area contributed by atoms with E-state index in [0.29, 0.717) is 13.0 Å². The Hall–Kier alpha value is -1.39. The van der Waals surface area contributed by atoms with Crippen molar-refractivity contribution in [1.82, 2.24) is 10.2 Å². The van der Waals surface area contributed by atoms with Crippen molar-refractivity contribution in [2.45, 2.75) is 32.6 Å². The van der Waals surface area contributed by atoms with Crippen LogP contribution in [-0.2, 0) is 16.0 Å². The Balaban J connectivity index is 1.80. The van der Waals surface area contributed by atoms with Gasteiger partial charge in [-0.3, -0.25) is 4.79 Å². The normalized spacial score (nSPS) is 17.2. The Kier molecular flexibility index (Phi) is 6.87. The SMILES string of the molecule is CCOC(=O)CC(C)c1ccc(CCN2CCNCC2)cc1. The van der Waals surface area contributed by atoms with Gasteiger partial charge in [-0.15, -0.1) is 0 Å². The lowest BCUT2D eigenvalue weighted by Gasteiger charge is -2.27. The first-order valence-electron chi connectivity index (χ1n) is 8.36. The molecule has 1 aliphatic heterocycles. The average molecular weight is 304 g/mol. The van der Waals surface area contributed by atoms with Gasteiger partial charge in [-0.1, -0.05) is 31.2 Å². The summed E-state index contributed by atoms with van der Waals surface area (Å²) in [5.74, 6) is 0.0963. The lowest BCUT2D eigenvalue weighted by molar-refractivity contribution is -0.143. The first-order valence-corrected chi connectivity index (χ1v) is 8.36. The molecule has 0 bridgehead atoms. The van der Waals surface area contributed by atoms with E-state index in [0.717, 1.165) is 39.1 Å². The third-order valence-electron chi connectivity index (χ3n) is 4.25. The number of benzene rings is 1. The number of piperazine rings is 1. The van der Waals surface area contributed by atoms with E-state index in [-0.39, 0.29) is 11.9 Å². The minimum atomic E-state index is -0.113. The van der Waals surface area contributed by atoms with E-state index in [1.807, 2.05) is 6.92 Å². The quantitative estimate of drug-likeness (QED) is 0.784. The summed E-state index contributed by atoms with van der Waals surface area (Å²) in [5.41, 5.74) is 2.57. The van der Waals surface area contributed by atoms with Crippen LogP contribution in [0.4, 0.5) is 0 Å². The number of ether oxygens (including phenoxy) is 1. The molecule has 1 aliphatic rings. The van der Waals surface area contributed by atoms with E-state index in [1.54, 1.807) is 0 Å². The van der Waals surface area contributed by atoms with Crippen molar-refractivity contribution in [1.29, 1.82) is 0 Å². The van der Waals surface area contributed by atoms with Crippen LogP contribution >= 0.6 is 0 Å². The van der Waals surface area contributed by atoms with E-state index < -0.39 is 0 Å². The minimum Gasteiger partial charge on any atom is -0.466 e. The van der Waals surface area contributed by atoms with Gasteiger partial charge >= 0.3 is 5.97 Å². The molecule has 0 aromatic heterocycles. The van der Waals surface area contributed by atoms with Crippen molar-refractivity contribution in [2.24, 2.45) is 0 Å². The molecule has 1 unspecified atom stereocenters. The van der Waals surface area contributed by atoms with Crippen LogP contribution in [0.1, 0.15) is 37.3 Å². The minimum absolute atomic E-state index is 0.113. The van der Waals surface area contributed by atoms with Crippen molar-refractivity contribution in [2.75, 3.05) is 39.3 Å². The molecule has 1 fully saturated rings. The number of nitrogens with zero attached hydrogens (tertiary/aromatic N) is 1. The van der Waals surface area contributed by atoms with Crippen molar-refractivity contribution in [3.8, 4) is 0 Å². The molecule has 0 saturated carbocycles. The highest BCUT2D eigenvalue weighted by molar-refractivity contribution is 5.70. The summed E-state index contributed by atoms with van der Waals surface area (Å²) in [4.78, 5) is 14.0. The van der Waals surface area contributed by atoms with Gasteiger partial charge < -0.3 is 15.0 Å². The molecule has 1 N–H and O–H groups in total. The van der Waals surface area contributed by atoms with Crippen molar-refractivity contribution in [3.63, 3.8) is 0 Å². The van der Waals surface area contributed by atoms with Crippen LogP contribution < -0.4 is 5.32 Å². The lowest BCUT2D eigenvalue weighted by Crippen LogP contribution is -2.44. The van der Waals surface area contributed by atoms with Gasteiger partial charge in [0.2, 0.25) is 0 Å². The molecule has 1 saturated heterocycles. The summed E-state index contributed by atoms with van der Waals surface area (Å²) in [6.07, 6.45) is 1.54. The van der Waals surface area contributed by atoms with Crippen LogP contribution in [0.5, 0.6) is 0 Å². The van der Waals surface area contributed by atoms with E-state index in [9.17, 15) is 4.79 Å². The maximum atomic E-state index is 11.5. The molecule has 1 atom stereocenters. The van der Waals surface area contributed by atoms with Crippen molar-refractivity contribution < 1.29 is 9.53 Å². The second kappa shape index (κ2) is 8.91. The topological polar surface area (TPSA) is 41.6 Å². The number of esters is 1. The van der Waals surface area contributed by atoms with Crippen LogP contribution in [0, 0.1) is 0 Å². The van der Waals surface area contributed by atoms with E-state index in [1.165, 1.54) is 11.1 Å². The highest BCUT2D eigenvalue weighted by Gasteiger charge is 2.12. The molecule has 4 nitrogen and oxygen atoms in total. The highest BCUT2D eigenvalue weighted by Crippen LogP contribution is 2.20. The third kappa shape index (κ3) is 5.43. The molecule has 1 heterocycles. The molecule has 22 heavy (non-hydrogen) atoms. The number of carbonyl (C=O) groups excluding carboxylic acids is 1. The number of hydrogen-bond donors (Lipinski definition) is 1. The second-order valence-corrected chi connectivity index (χ2v) is 5.99. The van der Waals surface area contributed by atoms with Gasteiger partial charge in [-0.2, -0.15) is 0 Å². The van der Waals surface area contributed by atoms with Crippen LogP contribution in [-0.4, -0.2) is 50.2 Å². The summed E-state index contributed by atoms with van der Waals surface area (Å²) in [5, 5.41) is 3.38. The van der Waals surface area contributed by atoms with Crippen LogP contribution in [0.3, 0.4) is 0 Å². The fraction of sp³-hybridized carbons (Fsp3) is 0.611. The van der Waals surface area contributed by atoms with Crippen LogP contribution in [0.15, 0.2) is 24.3 Å². The van der Waals surface area contributed by atoms with E-state index in [2.05, 4.69) is 41.4 Å². The fourth-order valence-electron chi connectivity index (χ4n) is 2.82. The summed E-state index contributed by atoms with van der Waals surface area (Å²) in [7, 11) is 0. The van der Waals surface area contributed by atoms with Gasteiger partial charge in [0.15, 0.2) is 0 Å². The van der Waals surface area contributed by atoms with Gasteiger partial charge in [0.1, 0.15) is 0 Å². The Morgan fingerprint density at radius 3 is 2.59 bits per heavy atom. The zero-order valence-corrected chi connectivity index (χ0v) is 13.8. The zero-order chi connectivity index (χ0) is 15.8. The van der Waals surface area contributed by atoms with Crippen LogP contribution in [0.25, 0.3) is 0 Å². The average Bonchev–Trinajstić information content (AvgIpc) is 2.54. The van der Waals surface area contributed by atoms with Crippen molar-refractivity contribution >= 4 is 5.97 Å². The van der Waals surface area contributed by atoms with Gasteiger partial charge in [-0.05, 0) is 30.4 Å². The molecule has 122 valence electrons. The van der Waals surface area contributed by atoms with E-state index >= 15 is 0 Å². The number of nitrogens with one attached hydrogen (secondary N) is 1. The number of carbonyl (C=O) groups is 1. The fourth-order valence-corrected chi connectivity index (χ4v) is 2.82. The zero-order valence-electron chi connectivity index (χ0n) is 13.8. The standard InChI is InChI=1S/C18H28N2O2/c1-3-22-18(21)14-15(2)17-6-4-16(5-7-17)8-11-20-12-9-19-10-13-20/h4-7,15,19H,3,8-14H2,1-2H3. The third-order valence-corrected chi connectivity index (χ3v) is 4.25. The predicted molar refractivity (Wildman–Crippen MR) is 89.1 cm³/mol. The van der Waals surface area contributed by atoms with Crippen molar-refractivity contribution in [3.05, 3.63) is 35.4 Å². The van der Waals surface area contributed by atoms with Gasteiger partial charge in [0, 0.05) is 32.7 Å². The summed E-state index contributed by atoms with van der Waals surface area (Å²) in [6, 6.07) is 8.69. The monoisotopic (exact) mass is 304 g/mol. The number of rotatable bonds is 7. The molecule has 0 radical (unpaired) electrons. The summed E-state index contributed by atoms with van der Waals surface area (Å²) < 4.78 is 5.01. The summed E-state index contributed by atoms with van der Waals surface area (Å²) in [6.45, 7) is 10.00. The predicted octanol–water partition coefficient (Wildman–Crippen LogP) is 2.19. The first-order chi connectivity index (χ1) is 10.7. The molecule has 4 heteroatoms. The molecular weight excluding hydrogens is 276 g/mol. The second-order valence-electron chi connectivity index (χ2n) is 5.99. The Morgan fingerprint density at radius 1 is 1.27 bits per heavy atom. The number of hydrogen-bond acceptors (Lipinski definition) is 4. The highest BCUT2D eigenvalue weighted by atomic mass is 16.5. The van der Waals surface area contributed by atoms with Gasteiger partial charge in [0.25, 0.3) is 0 Å². The maximum absolute atomic E-state index is 11.5. The molecule has 1 aromatic rings. The van der Waals surface area contributed by atoms with Gasteiger partial charge in [-0.25, -0.2) is 0 Å². The molecule has 2 rings (SSSR count). The lowest BCUT2D eigenvalue weighted by atomic mass is 9.96. The Bertz CT molecular complexity index is 453. The Labute approximate surface area is 133 Å². The molecule has 0 aliphatic carbocycles. The Morgan fingerprint density at radius 2 is 1.95 bits per heavy atom. The smallest absolute Gasteiger partial charge is 0.306 e.